The number of hydrogen-bond donors (Lipinski definition) is 2. The van der Waals surface area contributed by atoms with E-state index in [1.807, 2.05) is 0 Å². The molecule has 0 unspecified atom stereocenters. The molecule has 1 heterocycles. The fraction of sp³-hybridized carbons (Fsp3) is 0.0833. The number of nitrogens with zero attached hydrogens (tertiary/aromatic N) is 3. The molecule has 2 aromatic rings. The maximum Gasteiger partial charge on any atom is 0.322 e. The summed E-state index contributed by atoms with van der Waals surface area (Å²) < 4.78 is 10.5. The van der Waals surface area contributed by atoms with Gasteiger partial charge in [-0.25, -0.2) is 4.98 Å². The molecule has 1 aromatic carbocycles. The van der Waals surface area contributed by atoms with Gasteiger partial charge >= 0.3 is 6.01 Å². The van der Waals surface area contributed by atoms with Crippen LogP contribution in [-0.4, -0.2) is 28.1 Å². The number of ether oxygens (including phenoxy) is 2. The van der Waals surface area contributed by atoms with Gasteiger partial charge in [-0.15, -0.1) is 0 Å². The molecule has 19 heavy (non-hydrogen) atoms. The lowest BCUT2D eigenvalue weighted by atomic mass is 10.3. The highest BCUT2D eigenvalue weighted by Gasteiger charge is 2.06. The van der Waals surface area contributed by atoms with Crippen molar-refractivity contribution in [2.75, 3.05) is 7.11 Å². The van der Waals surface area contributed by atoms with Crippen LogP contribution < -0.4 is 15.2 Å². The standard InChI is InChI=1S/C12H12N4O3/c1-18-8-3-2-4-9(7-8)19-12-14-6-5-10(15-12)11(13)16-17/h2-7,17H,1H3,(H2,13,16). The molecule has 7 nitrogen and oxygen atoms in total. The van der Waals surface area contributed by atoms with Gasteiger partial charge < -0.3 is 20.4 Å². The van der Waals surface area contributed by atoms with Gasteiger partial charge in [-0.05, 0) is 18.2 Å². The average molecular weight is 260 g/mol. The van der Waals surface area contributed by atoms with E-state index in [2.05, 4.69) is 15.1 Å². The summed E-state index contributed by atoms with van der Waals surface area (Å²) in [6, 6.07) is 8.61. The molecule has 0 spiro atoms. The van der Waals surface area contributed by atoms with Crippen LogP contribution in [-0.2, 0) is 0 Å². The number of methoxy groups -OCH3 is 1. The zero-order chi connectivity index (χ0) is 13.7. The monoisotopic (exact) mass is 260 g/mol. The lowest BCUT2D eigenvalue weighted by molar-refractivity contribution is 0.318. The molecule has 0 saturated carbocycles. The highest BCUT2D eigenvalue weighted by atomic mass is 16.5. The second-order valence-electron chi connectivity index (χ2n) is 3.49. The number of oxime groups is 1. The van der Waals surface area contributed by atoms with E-state index >= 15 is 0 Å². The van der Waals surface area contributed by atoms with Gasteiger partial charge in [0, 0.05) is 12.3 Å². The molecule has 0 saturated heterocycles. The van der Waals surface area contributed by atoms with E-state index in [1.54, 1.807) is 31.4 Å². The lowest BCUT2D eigenvalue weighted by Gasteiger charge is -2.06. The first-order valence-electron chi connectivity index (χ1n) is 5.36. The number of aromatic nitrogens is 2. The van der Waals surface area contributed by atoms with Crippen LogP contribution in [0, 0.1) is 0 Å². The number of benzene rings is 1. The molecule has 0 bridgehead atoms. The third kappa shape index (κ3) is 3.09. The largest absolute Gasteiger partial charge is 0.497 e. The molecule has 3 N–H and O–H groups in total. The molecule has 0 atom stereocenters. The molecule has 0 radical (unpaired) electrons. The highest BCUT2D eigenvalue weighted by Crippen LogP contribution is 2.22. The van der Waals surface area contributed by atoms with Gasteiger partial charge in [-0.2, -0.15) is 4.98 Å². The predicted octanol–water partition coefficient (Wildman–Crippen LogP) is 1.37. The first-order chi connectivity index (χ1) is 9.22. The Kier molecular flexibility index (Phi) is 3.77. The van der Waals surface area contributed by atoms with Crippen LogP contribution in [0.5, 0.6) is 17.5 Å². The van der Waals surface area contributed by atoms with Crippen LogP contribution in [0.1, 0.15) is 5.69 Å². The Hall–Kier alpha value is -2.83. The summed E-state index contributed by atoms with van der Waals surface area (Å²) in [5.74, 6) is 1.07. The van der Waals surface area contributed by atoms with E-state index in [1.165, 1.54) is 12.3 Å². The quantitative estimate of drug-likeness (QED) is 0.372. The van der Waals surface area contributed by atoms with Crippen molar-refractivity contribution in [3.63, 3.8) is 0 Å². The Balaban J connectivity index is 2.23. The second-order valence-corrected chi connectivity index (χ2v) is 3.49. The van der Waals surface area contributed by atoms with Crippen LogP contribution >= 0.6 is 0 Å². The zero-order valence-corrected chi connectivity index (χ0v) is 10.1. The third-order valence-electron chi connectivity index (χ3n) is 2.25. The van der Waals surface area contributed by atoms with Crippen molar-refractivity contribution >= 4 is 5.84 Å². The Morgan fingerprint density at radius 3 is 2.84 bits per heavy atom. The molecule has 2 rings (SSSR count). The summed E-state index contributed by atoms with van der Waals surface area (Å²) in [6.07, 6.45) is 1.45. The van der Waals surface area contributed by atoms with Crippen molar-refractivity contribution in [1.82, 2.24) is 9.97 Å². The minimum Gasteiger partial charge on any atom is -0.497 e. The second kappa shape index (κ2) is 5.67. The molecule has 0 amide bonds. The van der Waals surface area contributed by atoms with E-state index < -0.39 is 0 Å². The summed E-state index contributed by atoms with van der Waals surface area (Å²) in [4.78, 5) is 7.94. The SMILES string of the molecule is COc1cccc(Oc2nccc(/C(N)=N/O)n2)c1. The normalized spacial score (nSPS) is 11.1. The number of hydrogen-bond acceptors (Lipinski definition) is 6. The summed E-state index contributed by atoms with van der Waals surface area (Å²) in [5, 5.41) is 11.4. The minimum absolute atomic E-state index is 0.0948. The Morgan fingerprint density at radius 2 is 2.11 bits per heavy atom. The molecule has 7 heteroatoms. The van der Waals surface area contributed by atoms with Gasteiger partial charge in [0.2, 0.25) is 0 Å². The van der Waals surface area contributed by atoms with Gasteiger partial charge in [0.25, 0.3) is 0 Å². The van der Waals surface area contributed by atoms with E-state index in [0.29, 0.717) is 11.5 Å². The van der Waals surface area contributed by atoms with Gasteiger partial charge in [0.1, 0.15) is 17.2 Å². The molecular weight excluding hydrogens is 248 g/mol. The average Bonchev–Trinajstić information content (AvgIpc) is 2.47. The fourth-order valence-corrected chi connectivity index (χ4v) is 1.35. The summed E-state index contributed by atoms with van der Waals surface area (Å²) in [5.41, 5.74) is 5.71. The molecule has 0 aliphatic carbocycles. The first kappa shape index (κ1) is 12.6. The fourth-order valence-electron chi connectivity index (χ4n) is 1.35. The number of nitrogens with two attached hydrogens (primary N) is 1. The third-order valence-corrected chi connectivity index (χ3v) is 2.25. The maximum absolute atomic E-state index is 8.58. The van der Waals surface area contributed by atoms with Gasteiger partial charge in [-0.3, -0.25) is 0 Å². The summed E-state index contributed by atoms with van der Waals surface area (Å²) in [7, 11) is 1.56. The Labute approximate surface area is 109 Å². The molecule has 98 valence electrons. The maximum atomic E-state index is 8.58. The zero-order valence-electron chi connectivity index (χ0n) is 10.1. The van der Waals surface area contributed by atoms with Crippen LogP contribution in [0.4, 0.5) is 0 Å². The van der Waals surface area contributed by atoms with E-state index in [0.717, 1.165) is 0 Å². The van der Waals surface area contributed by atoms with E-state index in [4.69, 9.17) is 20.4 Å². The first-order valence-corrected chi connectivity index (χ1v) is 5.36. The van der Waals surface area contributed by atoms with Crippen molar-refractivity contribution in [3.05, 3.63) is 42.2 Å². The summed E-state index contributed by atoms with van der Waals surface area (Å²) >= 11 is 0. The summed E-state index contributed by atoms with van der Waals surface area (Å²) in [6.45, 7) is 0. The van der Waals surface area contributed by atoms with Crippen molar-refractivity contribution in [2.24, 2.45) is 10.9 Å². The highest BCUT2D eigenvalue weighted by molar-refractivity contribution is 5.95. The van der Waals surface area contributed by atoms with Crippen molar-refractivity contribution in [3.8, 4) is 17.5 Å². The van der Waals surface area contributed by atoms with E-state index in [9.17, 15) is 0 Å². The Bertz CT molecular complexity index is 601. The molecule has 0 aliphatic heterocycles. The smallest absolute Gasteiger partial charge is 0.322 e. The minimum atomic E-state index is -0.113. The van der Waals surface area contributed by atoms with Crippen LogP contribution in [0.2, 0.25) is 0 Å². The van der Waals surface area contributed by atoms with Gasteiger partial charge in [0.15, 0.2) is 5.84 Å². The molecule has 1 aromatic heterocycles. The van der Waals surface area contributed by atoms with Crippen molar-refractivity contribution in [1.29, 1.82) is 0 Å². The molecule has 0 aliphatic rings. The van der Waals surface area contributed by atoms with E-state index in [-0.39, 0.29) is 17.5 Å². The van der Waals surface area contributed by atoms with Crippen LogP contribution in [0.15, 0.2) is 41.7 Å². The topological polar surface area (TPSA) is 103 Å². The van der Waals surface area contributed by atoms with Crippen molar-refractivity contribution in [2.45, 2.75) is 0 Å². The van der Waals surface area contributed by atoms with Crippen molar-refractivity contribution < 1.29 is 14.7 Å². The van der Waals surface area contributed by atoms with Crippen LogP contribution in [0.25, 0.3) is 0 Å². The number of rotatable bonds is 4. The van der Waals surface area contributed by atoms with Gasteiger partial charge in [-0.1, -0.05) is 11.2 Å². The molecule has 0 fully saturated rings. The predicted molar refractivity (Wildman–Crippen MR) is 67.6 cm³/mol. The van der Waals surface area contributed by atoms with Gasteiger partial charge in [0.05, 0.1) is 7.11 Å². The Morgan fingerprint density at radius 1 is 1.32 bits per heavy atom. The lowest BCUT2D eigenvalue weighted by Crippen LogP contribution is -2.15. The number of amidine groups is 1. The van der Waals surface area contributed by atoms with Crippen LogP contribution in [0.3, 0.4) is 0 Å². The molecular formula is C12H12N4O3.